The first-order chi connectivity index (χ1) is 19.2. The Bertz CT molecular complexity index is 716. The molecule has 1 atom stereocenters. The molecule has 0 aliphatic heterocycles. The molecule has 0 amide bonds. The van der Waals surface area contributed by atoms with Gasteiger partial charge in [-0.1, -0.05) is 115 Å². The zero-order valence-corrected chi connectivity index (χ0v) is 26.1. The van der Waals surface area contributed by atoms with Crippen LogP contribution >= 0.6 is 7.82 Å². The van der Waals surface area contributed by atoms with Gasteiger partial charge in [-0.3, -0.25) is 14.1 Å². The smallest absolute Gasteiger partial charge is 0.462 e. The van der Waals surface area contributed by atoms with Crippen molar-refractivity contribution in [3.05, 3.63) is 24.3 Å². The van der Waals surface area contributed by atoms with E-state index in [4.69, 9.17) is 19.3 Å². The second-order valence-electron chi connectivity index (χ2n) is 10.5. The number of hydrogen-bond acceptors (Lipinski definition) is 6. The van der Waals surface area contributed by atoms with Crippen LogP contribution in [-0.4, -0.2) is 41.0 Å². The molecular formula is C31H57O8P. The van der Waals surface area contributed by atoms with Gasteiger partial charge in [0.1, 0.15) is 6.61 Å². The van der Waals surface area contributed by atoms with Crippen LogP contribution in [0.25, 0.3) is 0 Å². The molecule has 0 aliphatic rings. The Morgan fingerprint density at radius 3 is 1.65 bits per heavy atom. The minimum Gasteiger partial charge on any atom is -0.462 e. The van der Waals surface area contributed by atoms with Crippen LogP contribution in [0.1, 0.15) is 142 Å². The number of carbonyl (C=O) groups is 2. The van der Waals surface area contributed by atoms with Gasteiger partial charge < -0.3 is 19.3 Å². The summed E-state index contributed by atoms with van der Waals surface area (Å²) in [7, 11) is -4.71. The summed E-state index contributed by atoms with van der Waals surface area (Å²) in [6.45, 7) is 2.60. The Labute approximate surface area is 243 Å². The SMILES string of the molecule is CCCCCCC/C=C\C/C=C\CCCCCCCCCCCCCC(=O)OC(COC(C)=O)COP(=O)(O)O. The molecule has 0 fully saturated rings. The molecule has 0 aliphatic carbocycles. The van der Waals surface area contributed by atoms with E-state index in [0.717, 1.165) is 25.7 Å². The highest BCUT2D eigenvalue weighted by molar-refractivity contribution is 7.46. The van der Waals surface area contributed by atoms with E-state index in [1.54, 1.807) is 0 Å². The third kappa shape index (κ3) is 31.1. The van der Waals surface area contributed by atoms with Crippen LogP contribution in [0.3, 0.4) is 0 Å². The zero-order valence-electron chi connectivity index (χ0n) is 25.2. The van der Waals surface area contributed by atoms with Gasteiger partial charge >= 0.3 is 19.8 Å². The Morgan fingerprint density at radius 1 is 0.700 bits per heavy atom. The van der Waals surface area contributed by atoms with Gasteiger partial charge in [0, 0.05) is 13.3 Å². The number of hydrogen-bond donors (Lipinski definition) is 2. The Morgan fingerprint density at radius 2 is 1.18 bits per heavy atom. The largest absolute Gasteiger partial charge is 0.469 e. The zero-order chi connectivity index (χ0) is 29.7. The highest BCUT2D eigenvalue weighted by atomic mass is 31.2. The van der Waals surface area contributed by atoms with E-state index in [2.05, 4.69) is 35.8 Å². The summed E-state index contributed by atoms with van der Waals surface area (Å²) in [5.74, 6) is -1.08. The highest BCUT2D eigenvalue weighted by Gasteiger charge is 2.22. The van der Waals surface area contributed by atoms with E-state index in [1.807, 2.05) is 0 Å². The van der Waals surface area contributed by atoms with Crippen molar-refractivity contribution in [1.29, 1.82) is 0 Å². The molecule has 0 radical (unpaired) electrons. The standard InChI is InChI=1S/C31H57O8P/c1-3-4-5-6-7-8-9-10-11-12-13-14-15-16-17-18-19-20-21-22-23-24-25-26-31(33)39-30(27-37-29(2)32)28-38-40(34,35)36/h9-10,12-13,30H,3-8,11,14-28H2,1-2H3,(H2,34,35,36)/b10-9-,13-12-. The minimum atomic E-state index is -4.71. The monoisotopic (exact) mass is 588 g/mol. The van der Waals surface area contributed by atoms with Crippen LogP contribution in [0.15, 0.2) is 24.3 Å². The van der Waals surface area contributed by atoms with Crippen LogP contribution in [0.2, 0.25) is 0 Å². The van der Waals surface area contributed by atoms with Gasteiger partial charge in [-0.25, -0.2) is 4.57 Å². The lowest BCUT2D eigenvalue weighted by Gasteiger charge is -2.18. The molecule has 9 heteroatoms. The average molecular weight is 589 g/mol. The summed E-state index contributed by atoms with van der Waals surface area (Å²) in [6, 6.07) is 0. The third-order valence-corrected chi connectivity index (χ3v) is 7.02. The highest BCUT2D eigenvalue weighted by Crippen LogP contribution is 2.35. The number of ether oxygens (including phenoxy) is 2. The van der Waals surface area contributed by atoms with Crippen molar-refractivity contribution in [3.63, 3.8) is 0 Å². The van der Waals surface area contributed by atoms with Crippen LogP contribution in [-0.2, 0) is 28.2 Å². The van der Waals surface area contributed by atoms with E-state index >= 15 is 0 Å². The molecule has 234 valence electrons. The van der Waals surface area contributed by atoms with Crippen molar-refractivity contribution in [2.45, 2.75) is 148 Å². The van der Waals surface area contributed by atoms with Gasteiger partial charge in [0.15, 0.2) is 6.10 Å². The molecule has 0 rings (SSSR count). The molecule has 2 N–H and O–H groups in total. The minimum absolute atomic E-state index is 0.206. The van der Waals surface area contributed by atoms with E-state index in [0.29, 0.717) is 6.42 Å². The van der Waals surface area contributed by atoms with Gasteiger partial charge in [-0.15, -0.1) is 0 Å². The topological polar surface area (TPSA) is 119 Å². The number of unbranched alkanes of at least 4 members (excludes halogenated alkanes) is 16. The molecule has 1 unspecified atom stereocenters. The fourth-order valence-electron chi connectivity index (χ4n) is 4.25. The molecule has 0 spiro atoms. The maximum atomic E-state index is 12.0. The molecule has 0 bridgehead atoms. The number of phosphoric ester groups is 1. The van der Waals surface area contributed by atoms with Gasteiger partial charge in [0.2, 0.25) is 0 Å². The van der Waals surface area contributed by atoms with Crippen molar-refractivity contribution in [2.75, 3.05) is 13.2 Å². The Kier molecular flexibility index (Phi) is 26.7. The predicted octanol–water partition coefficient (Wildman–Crippen LogP) is 8.50. The fourth-order valence-corrected chi connectivity index (χ4v) is 4.61. The lowest BCUT2D eigenvalue weighted by Crippen LogP contribution is -2.29. The summed E-state index contributed by atoms with van der Waals surface area (Å²) < 4.78 is 25.2. The second-order valence-corrected chi connectivity index (χ2v) is 11.7. The molecule has 8 nitrogen and oxygen atoms in total. The number of allylic oxidation sites excluding steroid dienone is 4. The summed E-state index contributed by atoms with van der Waals surface area (Å²) in [5, 5.41) is 0. The first-order valence-electron chi connectivity index (χ1n) is 15.6. The molecule has 0 saturated carbocycles. The van der Waals surface area contributed by atoms with Crippen LogP contribution in [0.5, 0.6) is 0 Å². The van der Waals surface area contributed by atoms with E-state index in [1.165, 1.54) is 96.8 Å². The Hall–Kier alpha value is -1.47. The maximum Gasteiger partial charge on any atom is 0.469 e. The lowest BCUT2D eigenvalue weighted by molar-refractivity contribution is -0.160. The van der Waals surface area contributed by atoms with E-state index in [9.17, 15) is 14.2 Å². The summed E-state index contributed by atoms with van der Waals surface area (Å²) in [4.78, 5) is 40.6. The van der Waals surface area contributed by atoms with Crippen LogP contribution in [0.4, 0.5) is 0 Å². The third-order valence-electron chi connectivity index (χ3n) is 6.53. The van der Waals surface area contributed by atoms with E-state index in [-0.39, 0.29) is 13.0 Å². The lowest BCUT2D eigenvalue weighted by atomic mass is 10.0. The van der Waals surface area contributed by atoms with Crippen molar-refractivity contribution >= 4 is 19.8 Å². The molecule has 0 saturated heterocycles. The van der Waals surface area contributed by atoms with Crippen molar-refractivity contribution in [1.82, 2.24) is 0 Å². The predicted molar refractivity (Wildman–Crippen MR) is 161 cm³/mol. The second kappa shape index (κ2) is 27.7. The molecular weight excluding hydrogens is 531 g/mol. The Balaban J connectivity index is 3.56. The molecule has 0 aromatic heterocycles. The van der Waals surface area contributed by atoms with E-state index < -0.39 is 32.5 Å². The van der Waals surface area contributed by atoms with Gasteiger partial charge in [0.05, 0.1) is 6.61 Å². The van der Waals surface area contributed by atoms with Crippen LogP contribution < -0.4 is 0 Å². The van der Waals surface area contributed by atoms with Crippen molar-refractivity contribution < 1.29 is 37.9 Å². The maximum absolute atomic E-state index is 12.0. The molecule has 40 heavy (non-hydrogen) atoms. The van der Waals surface area contributed by atoms with Crippen LogP contribution in [0, 0.1) is 0 Å². The quantitative estimate of drug-likeness (QED) is 0.0404. The molecule has 0 aromatic rings. The number of esters is 2. The van der Waals surface area contributed by atoms with Gasteiger partial charge in [-0.2, -0.15) is 0 Å². The fraction of sp³-hybridized carbons (Fsp3) is 0.806. The average Bonchev–Trinajstić information content (AvgIpc) is 2.90. The summed E-state index contributed by atoms with van der Waals surface area (Å²) in [6.07, 6.45) is 31.4. The van der Waals surface area contributed by atoms with Gasteiger partial charge in [0.25, 0.3) is 0 Å². The molecule has 0 heterocycles. The number of phosphoric acid groups is 1. The van der Waals surface area contributed by atoms with Gasteiger partial charge in [-0.05, 0) is 38.5 Å². The van der Waals surface area contributed by atoms with Crippen molar-refractivity contribution in [2.24, 2.45) is 0 Å². The first kappa shape index (κ1) is 38.5. The summed E-state index contributed by atoms with van der Waals surface area (Å²) in [5.41, 5.74) is 0. The number of carbonyl (C=O) groups excluding carboxylic acids is 2. The summed E-state index contributed by atoms with van der Waals surface area (Å²) >= 11 is 0. The first-order valence-corrected chi connectivity index (χ1v) is 17.1. The molecule has 0 aromatic carbocycles. The normalized spacial score (nSPS) is 12.8. The van der Waals surface area contributed by atoms with Crippen molar-refractivity contribution in [3.8, 4) is 0 Å². The number of rotatable bonds is 28.